The molecule has 0 unspecified atom stereocenters. The third kappa shape index (κ3) is 4.15. The van der Waals surface area contributed by atoms with Crippen molar-refractivity contribution in [1.82, 2.24) is 19.7 Å². The summed E-state index contributed by atoms with van der Waals surface area (Å²) in [5.41, 5.74) is -0.940. The zero-order valence-corrected chi connectivity index (χ0v) is 14.7. The van der Waals surface area contributed by atoms with E-state index in [-0.39, 0.29) is 24.2 Å². The minimum Gasteiger partial charge on any atom is -0.371 e. The van der Waals surface area contributed by atoms with Crippen molar-refractivity contribution in [3.63, 3.8) is 0 Å². The molecule has 1 aliphatic rings. The summed E-state index contributed by atoms with van der Waals surface area (Å²) in [6.45, 7) is 0.713. The molecular weight excluding hydrogens is 363 g/mol. The molecule has 27 heavy (non-hydrogen) atoms. The van der Waals surface area contributed by atoms with Gasteiger partial charge in [-0.25, -0.2) is 9.89 Å². The molecule has 1 aromatic carbocycles. The lowest BCUT2D eigenvalue weighted by atomic mass is 10.0. The van der Waals surface area contributed by atoms with Gasteiger partial charge in [0.2, 0.25) is 5.91 Å². The van der Waals surface area contributed by atoms with Crippen LogP contribution in [0.4, 0.5) is 18.9 Å². The largest absolute Gasteiger partial charge is 0.418 e. The summed E-state index contributed by atoms with van der Waals surface area (Å²) in [6.07, 6.45) is -2.05. The molecule has 0 spiro atoms. The molecular formula is C17H20F3N5O2. The SMILES string of the molecule is CN(C(=O)Cn1cn[nH]c1=O)C1CCN(c2ccccc2C(F)(F)F)CC1. The van der Waals surface area contributed by atoms with Crippen molar-refractivity contribution in [2.45, 2.75) is 31.6 Å². The Labute approximate surface area is 153 Å². The maximum atomic E-state index is 13.2. The number of halogens is 3. The van der Waals surface area contributed by atoms with E-state index in [9.17, 15) is 22.8 Å². The third-order valence-corrected chi connectivity index (χ3v) is 4.88. The lowest BCUT2D eigenvalue weighted by Crippen LogP contribution is -2.47. The Balaban J connectivity index is 1.63. The van der Waals surface area contributed by atoms with Gasteiger partial charge >= 0.3 is 11.9 Å². The Morgan fingerprint density at radius 2 is 1.96 bits per heavy atom. The number of carbonyl (C=O) groups is 1. The standard InChI is InChI=1S/C17H20F3N5O2/c1-23(15(26)10-25-11-21-22-16(25)27)12-6-8-24(9-7-12)14-5-3-2-4-13(14)17(18,19)20/h2-5,11-12H,6-10H2,1H3,(H,22,27). The van der Waals surface area contributed by atoms with Crippen LogP contribution in [-0.4, -0.2) is 51.8 Å². The van der Waals surface area contributed by atoms with Crippen molar-refractivity contribution in [2.24, 2.45) is 0 Å². The number of piperidine rings is 1. The van der Waals surface area contributed by atoms with Crippen LogP contribution in [0.3, 0.4) is 0 Å². The predicted molar refractivity (Wildman–Crippen MR) is 92.3 cm³/mol. The van der Waals surface area contributed by atoms with Gasteiger partial charge in [0, 0.05) is 31.9 Å². The maximum absolute atomic E-state index is 13.2. The van der Waals surface area contributed by atoms with Crippen LogP contribution in [0.1, 0.15) is 18.4 Å². The number of aromatic nitrogens is 3. The van der Waals surface area contributed by atoms with Gasteiger partial charge in [-0.2, -0.15) is 18.3 Å². The van der Waals surface area contributed by atoms with Gasteiger partial charge in [-0.15, -0.1) is 0 Å². The predicted octanol–water partition coefficient (Wildman–Crippen LogP) is 1.72. The molecule has 0 bridgehead atoms. The molecule has 10 heteroatoms. The van der Waals surface area contributed by atoms with Gasteiger partial charge in [0.15, 0.2) is 0 Å². The molecule has 146 valence electrons. The number of carbonyl (C=O) groups excluding carboxylic acids is 1. The molecule has 0 atom stereocenters. The Morgan fingerprint density at radius 3 is 2.56 bits per heavy atom. The highest BCUT2D eigenvalue weighted by Crippen LogP contribution is 2.37. The number of H-pyrrole nitrogens is 1. The first-order valence-corrected chi connectivity index (χ1v) is 8.54. The van der Waals surface area contributed by atoms with Crippen molar-refractivity contribution in [1.29, 1.82) is 0 Å². The molecule has 1 N–H and O–H groups in total. The summed E-state index contributed by atoms with van der Waals surface area (Å²) in [5.74, 6) is -0.243. The number of hydrogen-bond acceptors (Lipinski definition) is 4. The van der Waals surface area contributed by atoms with Gasteiger partial charge in [-0.3, -0.25) is 9.36 Å². The number of benzene rings is 1. The highest BCUT2D eigenvalue weighted by molar-refractivity contribution is 5.76. The second-order valence-corrected chi connectivity index (χ2v) is 6.53. The first-order valence-electron chi connectivity index (χ1n) is 8.54. The fraction of sp³-hybridized carbons (Fsp3) is 0.471. The fourth-order valence-corrected chi connectivity index (χ4v) is 3.33. The number of rotatable bonds is 4. The van der Waals surface area contributed by atoms with Crippen molar-refractivity contribution in [3.8, 4) is 0 Å². The van der Waals surface area contributed by atoms with E-state index in [1.807, 2.05) is 0 Å². The molecule has 1 saturated heterocycles. The Morgan fingerprint density at radius 1 is 1.30 bits per heavy atom. The second-order valence-electron chi connectivity index (χ2n) is 6.53. The molecule has 2 heterocycles. The highest BCUT2D eigenvalue weighted by Gasteiger charge is 2.35. The maximum Gasteiger partial charge on any atom is 0.418 e. The van der Waals surface area contributed by atoms with E-state index >= 15 is 0 Å². The van der Waals surface area contributed by atoms with Crippen LogP contribution in [0.15, 0.2) is 35.4 Å². The molecule has 1 amide bonds. The van der Waals surface area contributed by atoms with Gasteiger partial charge < -0.3 is 9.80 Å². The number of aromatic amines is 1. The summed E-state index contributed by atoms with van der Waals surface area (Å²) in [7, 11) is 1.65. The minimum absolute atomic E-state index is 0.0885. The number of amides is 1. The average Bonchev–Trinajstić information content (AvgIpc) is 3.05. The van der Waals surface area contributed by atoms with Gasteiger partial charge in [-0.1, -0.05) is 12.1 Å². The van der Waals surface area contributed by atoms with Crippen LogP contribution in [0, 0.1) is 0 Å². The highest BCUT2D eigenvalue weighted by atomic mass is 19.4. The first kappa shape index (κ1) is 19.0. The van der Waals surface area contributed by atoms with E-state index in [2.05, 4.69) is 10.2 Å². The first-order chi connectivity index (χ1) is 12.8. The molecule has 0 aliphatic carbocycles. The monoisotopic (exact) mass is 383 g/mol. The molecule has 1 aliphatic heterocycles. The van der Waals surface area contributed by atoms with Crippen LogP contribution in [-0.2, 0) is 17.5 Å². The van der Waals surface area contributed by atoms with Gasteiger partial charge in [0.05, 0.1) is 5.56 Å². The Bertz CT molecular complexity index is 852. The quantitative estimate of drug-likeness (QED) is 0.873. The molecule has 0 radical (unpaired) electrons. The summed E-state index contributed by atoms with van der Waals surface area (Å²) in [5, 5.41) is 5.80. The van der Waals surface area contributed by atoms with Crippen LogP contribution >= 0.6 is 0 Å². The number of alkyl halides is 3. The molecule has 3 rings (SSSR count). The molecule has 2 aromatic rings. The molecule has 7 nitrogen and oxygen atoms in total. The zero-order valence-electron chi connectivity index (χ0n) is 14.7. The summed E-state index contributed by atoms with van der Waals surface area (Å²) < 4.78 is 40.8. The van der Waals surface area contributed by atoms with Crippen LogP contribution in [0.25, 0.3) is 0 Å². The number of para-hydroxylation sites is 1. The molecule has 1 fully saturated rings. The van der Waals surface area contributed by atoms with Crippen molar-refractivity contribution >= 4 is 11.6 Å². The smallest absolute Gasteiger partial charge is 0.371 e. The van der Waals surface area contributed by atoms with Gasteiger partial charge in [0.25, 0.3) is 0 Å². The number of likely N-dealkylation sites (N-methyl/N-ethyl adjacent to an activating group) is 1. The normalized spacial score (nSPS) is 15.8. The van der Waals surface area contributed by atoms with E-state index < -0.39 is 17.4 Å². The summed E-state index contributed by atoms with van der Waals surface area (Å²) >= 11 is 0. The van der Waals surface area contributed by atoms with Gasteiger partial charge in [0.1, 0.15) is 12.9 Å². The average molecular weight is 383 g/mol. The van der Waals surface area contributed by atoms with E-state index in [1.54, 1.807) is 22.9 Å². The molecule has 0 saturated carbocycles. The Kier molecular flexibility index (Phi) is 5.24. The van der Waals surface area contributed by atoms with E-state index in [1.165, 1.54) is 23.0 Å². The summed E-state index contributed by atoms with van der Waals surface area (Å²) in [4.78, 5) is 27.1. The second kappa shape index (κ2) is 7.45. The Hall–Kier alpha value is -2.78. The van der Waals surface area contributed by atoms with Crippen LogP contribution < -0.4 is 10.6 Å². The topological polar surface area (TPSA) is 74.2 Å². The number of anilines is 1. The van der Waals surface area contributed by atoms with Crippen molar-refractivity contribution in [2.75, 3.05) is 25.0 Å². The van der Waals surface area contributed by atoms with Crippen molar-refractivity contribution < 1.29 is 18.0 Å². The third-order valence-electron chi connectivity index (χ3n) is 4.88. The van der Waals surface area contributed by atoms with Gasteiger partial charge in [-0.05, 0) is 25.0 Å². The van der Waals surface area contributed by atoms with E-state index in [0.717, 1.165) is 6.07 Å². The van der Waals surface area contributed by atoms with E-state index in [4.69, 9.17) is 0 Å². The summed E-state index contributed by atoms with van der Waals surface area (Å²) in [6, 6.07) is 5.44. The van der Waals surface area contributed by atoms with Crippen LogP contribution in [0.5, 0.6) is 0 Å². The fourth-order valence-electron chi connectivity index (χ4n) is 3.33. The molecule has 1 aromatic heterocycles. The number of nitrogens with one attached hydrogen (secondary N) is 1. The lowest BCUT2D eigenvalue weighted by molar-refractivity contribution is -0.137. The van der Waals surface area contributed by atoms with E-state index in [0.29, 0.717) is 25.9 Å². The zero-order chi connectivity index (χ0) is 19.6. The number of hydrogen-bond donors (Lipinski definition) is 1. The minimum atomic E-state index is -4.40. The van der Waals surface area contributed by atoms with Crippen molar-refractivity contribution in [3.05, 3.63) is 46.6 Å². The van der Waals surface area contributed by atoms with Crippen LogP contribution in [0.2, 0.25) is 0 Å². The lowest BCUT2D eigenvalue weighted by Gasteiger charge is -2.38. The number of nitrogens with zero attached hydrogens (tertiary/aromatic N) is 4.